The minimum atomic E-state index is 0.00162. The highest BCUT2D eigenvalue weighted by Crippen LogP contribution is 2.34. The van der Waals surface area contributed by atoms with Crippen LogP contribution in [-0.2, 0) is 0 Å². The number of likely N-dealkylation sites (N-methyl/N-ethyl adjacent to an activating group) is 1. The van der Waals surface area contributed by atoms with E-state index in [1.165, 1.54) is 0 Å². The first kappa shape index (κ1) is 16.1. The monoisotopic (exact) mass is 337 g/mol. The molecular formula is C20H23N3O2. The third-order valence-electron chi connectivity index (χ3n) is 5.30. The number of carbonyl (C=O) groups excluding carboxylic acids is 1. The van der Waals surface area contributed by atoms with Crippen molar-refractivity contribution in [2.45, 2.75) is 32.0 Å². The standard InChI is InChI=1S/C20H23N3O2/c1-13(2)23-11-17-19(12-23)25-18-9-14(15-5-4-8-21-10-15)6-7-16(18)20(24)22(17)3/h4-10,13,17,19H,11-12H2,1-3H3/t17-,19+/m1/s1. The molecule has 3 heterocycles. The summed E-state index contributed by atoms with van der Waals surface area (Å²) in [5.41, 5.74) is 2.67. The largest absolute Gasteiger partial charge is 0.486 e. The number of likely N-dealkylation sites (tertiary alicyclic amines) is 1. The molecule has 1 fully saturated rings. The summed E-state index contributed by atoms with van der Waals surface area (Å²) in [7, 11) is 1.89. The van der Waals surface area contributed by atoms with Crippen molar-refractivity contribution in [1.82, 2.24) is 14.8 Å². The van der Waals surface area contributed by atoms with E-state index in [1.807, 2.05) is 48.5 Å². The lowest BCUT2D eigenvalue weighted by atomic mass is 10.0. The number of aromatic nitrogens is 1. The minimum Gasteiger partial charge on any atom is -0.486 e. The van der Waals surface area contributed by atoms with Crippen LogP contribution in [0.2, 0.25) is 0 Å². The summed E-state index contributed by atoms with van der Waals surface area (Å²) in [6, 6.07) is 10.3. The SMILES string of the molecule is CC(C)N1C[C@@H]2Oc3cc(-c4cccnc4)ccc3C(=O)N(C)[C@@H]2C1. The van der Waals surface area contributed by atoms with Gasteiger partial charge in [-0.1, -0.05) is 12.1 Å². The molecule has 130 valence electrons. The molecule has 0 bridgehead atoms. The van der Waals surface area contributed by atoms with Crippen LogP contribution in [0.4, 0.5) is 0 Å². The molecule has 1 amide bonds. The highest BCUT2D eigenvalue weighted by molar-refractivity contribution is 5.98. The van der Waals surface area contributed by atoms with Gasteiger partial charge in [0.15, 0.2) is 0 Å². The first-order valence-corrected chi connectivity index (χ1v) is 8.77. The second-order valence-electron chi connectivity index (χ2n) is 7.14. The molecule has 5 heteroatoms. The lowest BCUT2D eigenvalue weighted by molar-refractivity contribution is 0.0681. The van der Waals surface area contributed by atoms with Crippen LogP contribution in [0.25, 0.3) is 11.1 Å². The van der Waals surface area contributed by atoms with Gasteiger partial charge < -0.3 is 9.64 Å². The van der Waals surface area contributed by atoms with Crippen LogP contribution in [0, 0.1) is 0 Å². The van der Waals surface area contributed by atoms with Crippen LogP contribution in [0.15, 0.2) is 42.7 Å². The Bertz CT molecular complexity index is 791. The molecule has 0 N–H and O–H groups in total. The number of amides is 1. The number of nitrogens with zero attached hydrogens (tertiary/aromatic N) is 3. The van der Waals surface area contributed by atoms with Crippen molar-refractivity contribution in [3.8, 4) is 16.9 Å². The first-order valence-electron chi connectivity index (χ1n) is 8.77. The number of carbonyl (C=O) groups is 1. The fourth-order valence-electron chi connectivity index (χ4n) is 3.71. The number of pyridine rings is 1. The van der Waals surface area contributed by atoms with E-state index in [-0.39, 0.29) is 18.1 Å². The van der Waals surface area contributed by atoms with Crippen LogP contribution in [0.1, 0.15) is 24.2 Å². The summed E-state index contributed by atoms with van der Waals surface area (Å²) in [4.78, 5) is 21.3. The predicted octanol–water partition coefficient (Wildman–Crippen LogP) is 2.67. The maximum atomic E-state index is 12.9. The quantitative estimate of drug-likeness (QED) is 0.845. The third kappa shape index (κ3) is 2.78. The van der Waals surface area contributed by atoms with E-state index in [0.717, 1.165) is 24.2 Å². The lowest BCUT2D eigenvalue weighted by Gasteiger charge is -2.25. The zero-order valence-electron chi connectivity index (χ0n) is 14.8. The molecule has 2 aliphatic heterocycles. The Labute approximate surface area is 148 Å². The summed E-state index contributed by atoms with van der Waals surface area (Å²) in [6.45, 7) is 6.06. The molecule has 0 unspecified atom stereocenters. The fourth-order valence-corrected chi connectivity index (χ4v) is 3.71. The number of rotatable bonds is 2. The number of ether oxygens (including phenoxy) is 1. The van der Waals surface area contributed by atoms with Gasteiger partial charge in [0.1, 0.15) is 11.9 Å². The molecule has 0 aliphatic carbocycles. The van der Waals surface area contributed by atoms with Gasteiger partial charge in [0.05, 0.1) is 11.6 Å². The molecular weight excluding hydrogens is 314 g/mol. The van der Waals surface area contributed by atoms with E-state index in [4.69, 9.17) is 4.74 Å². The Morgan fingerprint density at radius 2 is 2.04 bits per heavy atom. The van der Waals surface area contributed by atoms with Gasteiger partial charge in [-0.3, -0.25) is 14.7 Å². The van der Waals surface area contributed by atoms with Gasteiger partial charge in [-0.2, -0.15) is 0 Å². The Morgan fingerprint density at radius 3 is 2.76 bits per heavy atom. The number of benzene rings is 1. The van der Waals surface area contributed by atoms with Crippen LogP contribution in [-0.4, -0.2) is 59.0 Å². The lowest BCUT2D eigenvalue weighted by Crippen LogP contribution is -2.44. The summed E-state index contributed by atoms with van der Waals surface area (Å²) in [5, 5.41) is 0. The molecule has 1 aromatic heterocycles. The van der Waals surface area contributed by atoms with Crippen molar-refractivity contribution < 1.29 is 9.53 Å². The van der Waals surface area contributed by atoms with Crippen LogP contribution >= 0.6 is 0 Å². The van der Waals surface area contributed by atoms with Gasteiger partial charge in [0, 0.05) is 44.1 Å². The smallest absolute Gasteiger partial charge is 0.257 e. The molecule has 1 saturated heterocycles. The van der Waals surface area contributed by atoms with E-state index in [1.54, 1.807) is 6.20 Å². The number of hydrogen-bond donors (Lipinski definition) is 0. The van der Waals surface area contributed by atoms with E-state index in [2.05, 4.69) is 23.7 Å². The van der Waals surface area contributed by atoms with Gasteiger partial charge in [0.25, 0.3) is 5.91 Å². The fraction of sp³-hybridized carbons (Fsp3) is 0.400. The second kappa shape index (κ2) is 6.15. The maximum Gasteiger partial charge on any atom is 0.257 e. The van der Waals surface area contributed by atoms with Gasteiger partial charge >= 0.3 is 0 Å². The van der Waals surface area contributed by atoms with E-state index < -0.39 is 0 Å². The van der Waals surface area contributed by atoms with Gasteiger partial charge in [-0.05, 0) is 37.6 Å². The highest BCUT2D eigenvalue weighted by Gasteiger charge is 2.42. The van der Waals surface area contributed by atoms with Crippen molar-refractivity contribution in [2.24, 2.45) is 0 Å². The Balaban J connectivity index is 1.72. The summed E-state index contributed by atoms with van der Waals surface area (Å²) >= 11 is 0. The number of hydrogen-bond acceptors (Lipinski definition) is 4. The van der Waals surface area contributed by atoms with Gasteiger partial charge in [-0.15, -0.1) is 0 Å². The molecule has 0 radical (unpaired) electrons. The number of fused-ring (bicyclic) bond motifs is 2. The molecule has 1 aromatic carbocycles. The van der Waals surface area contributed by atoms with E-state index >= 15 is 0 Å². The van der Waals surface area contributed by atoms with Crippen molar-refractivity contribution >= 4 is 5.91 Å². The van der Waals surface area contributed by atoms with Crippen molar-refractivity contribution in [2.75, 3.05) is 20.1 Å². The highest BCUT2D eigenvalue weighted by atomic mass is 16.5. The van der Waals surface area contributed by atoms with Crippen molar-refractivity contribution in [1.29, 1.82) is 0 Å². The topological polar surface area (TPSA) is 45.7 Å². The minimum absolute atomic E-state index is 0.00162. The molecule has 5 nitrogen and oxygen atoms in total. The van der Waals surface area contributed by atoms with Crippen LogP contribution < -0.4 is 4.74 Å². The average molecular weight is 337 g/mol. The Hall–Kier alpha value is -2.40. The predicted molar refractivity (Wildman–Crippen MR) is 96.7 cm³/mol. The third-order valence-corrected chi connectivity index (χ3v) is 5.30. The second-order valence-corrected chi connectivity index (χ2v) is 7.14. The zero-order valence-corrected chi connectivity index (χ0v) is 14.8. The molecule has 25 heavy (non-hydrogen) atoms. The van der Waals surface area contributed by atoms with Crippen molar-refractivity contribution in [3.05, 3.63) is 48.3 Å². The molecule has 4 rings (SSSR count). The van der Waals surface area contributed by atoms with Crippen LogP contribution in [0.5, 0.6) is 5.75 Å². The summed E-state index contributed by atoms with van der Waals surface area (Å²) < 4.78 is 6.34. The van der Waals surface area contributed by atoms with Gasteiger partial charge in [0.2, 0.25) is 0 Å². The average Bonchev–Trinajstić information content (AvgIpc) is 3.02. The Morgan fingerprint density at radius 1 is 1.20 bits per heavy atom. The first-order chi connectivity index (χ1) is 12.0. The zero-order chi connectivity index (χ0) is 17.6. The maximum absolute atomic E-state index is 12.9. The normalized spacial score (nSPS) is 23.2. The molecule has 2 atom stereocenters. The molecule has 0 spiro atoms. The Kier molecular flexibility index (Phi) is 3.96. The van der Waals surface area contributed by atoms with Crippen LogP contribution in [0.3, 0.4) is 0 Å². The molecule has 2 aliphatic rings. The summed E-state index contributed by atoms with van der Waals surface area (Å²) in [6.07, 6.45) is 3.58. The molecule has 2 aromatic rings. The van der Waals surface area contributed by atoms with Crippen molar-refractivity contribution in [3.63, 3.8) is 0 Å². The van der Waals surface area contributed by atoms with Gasteiger partial charge in [-0.25, -0.2) is 0 Å². The van der Waals surface area contributed by atoms with E-state index in [0.29, 0.717) is 17.4 Å². The summed E-state index contributed by atoms with van der Waals surface area (Å²) in [5.74, 6) is 0.710. The molecule has 0 saturated carbocycles. The van der Waals surface area contributed by atoms with E-state index in [9.17, 15) is 4.79 Å².